The normalized spacial score (nSPS) is 16.1. The average Bonchev–Trinajstić information content (AvgIpc) is 2.18. The molecule has 15 heavy (non-hydrogen) atoms. The van der Waals surface area contributed by atoms with Crippen LogP contribution < -0.4 is 0 Å². The van der Waals surface area contributed by atoms with E-state index in [0.29, 0.717) is 0 Å². The molecule has 0 radical (unpaired) electrons. The standard InChI is InChI=1S/C10H11F3O2/c11-10(12,13)9(15,6-7-14)8-4-2-1-3-5-8/h1-5,14-15H,6-7H2/t9-/m0/s1. The lowest BCUT2D eigenvalue weighted by atomic mass is 9.90. The molecular formula is C10H11F3O2. The zero-order valence-corrected chi connectivity index (χ0v) is 7.83. The number of benzene rings is 1. The summed E-state index contributed by atoms with van der Waals surface area (Å²) in [5.41, 5.74) is -3.23. The lowest BCUT2D eigenvalue weighted by Crippen LogP contribution is -2.43. The minimum Gasteiger partial charge on any atom is -0.396 e. The Morgan fingerprint density at radius 2 is 1.60 bits per heavy atom. The van der Waals surface area contributed by atoms with Gasteiger partial charge in [0.15, 0.2) is 5.60 Å². The largest absolute Gasteiger partial charge is 0.421 e. The summed E-state index contributed by atoms with van der Waals surface area (Å²) in [6.45, 7) is -0.731. The average molecular weight is 220 g/mol. The van der Waals surface area contributed by atoms with Crippen molar-refractivity contribution in [3.05, 3.63) is 35.9 Å². The van der Waals surface area contributed by atoms with Gasteiger partial charge < -0.3 is 10.2 Å². The predicted octanol–water partition coefficient (Wildman–Crippen LogP) is 1.82. The second-order valence-corrected chi connectivity index (χ2v) is 3.20. The van der Waals surface area contributed by atoms with Crippen LogP contribution in [0.15, 0.2) is 30.3 Å². The first kappa shape index (κ1) is 12.0. The molecule has 0 unspecified atom stereocenters. The summed E-state index contributed by atoms with van der Waals surface area (Å²) in [5, 5.41) is 18.1. The molecule has 2 N–H and O–H groups in total. The number of aliphatic hydroxyl groups is 2. The van der Waals surface area contributed by atoms with E-state index >= 15 is 0 Å². The van der Waals surface area contributed by atoms with E-state index in [2.05, 4.69) is 0 Å². The molecule has 0 spiro atoms. The van der Waals surface area contributed by atoms with Gasteiger partial charge in [0.25, 0.3) is 0 Å². The van der Waals surface area contributed by atoms with Gasteiger partial charge in [0.1, 0.15) is 0 Å². The Morgan fingerprint density at radius 1 is 1.07 bits per heavy atom. The summed E-state index contributed by atoms with van der Waals surface area (Å²) in [4.78, 5) is 0. The molecule has 0 aliphatic heterocycles. The number of hydrogen-bond donors (Lipinski definition) is 2. The van der Waals surface area contributed by atoms with Gasteiger partial charge >= 0.3 is 6.18 Å². The molecule has 0 aliphatic carbocycles. The number of hydrogen-bond acceptors (Lipinski definition) is 2. The highest BCUT2D eigenvalue weighted by Crippen LogP contribution is 2.41. The third-order valence-electron chi connectivity index (χ3n) is 2.19. The maximum atomic E-state index is 12.6. The molecule has 1 rings (SSSR count). The first-order chi connectivity index (χ1) is 6.92. The van der Waals surface area contributed by atoms with Crippen LogP contribution in [0.2, 0.25) is 0 Å². The van der Waals surface area contributed by atoms with Crippen LogP contribution in [0.25, 0.3) is 0 Å². The van der Waals surface area contributed by atoms with Crippen molar-refractivity contribution in [1.29, 1.82) is 0 Å². The third kappa shape index (κ3) is 2.30. The van der Waals surface area contributed by atoms with Gasteiger partial charge in [-0.25, -0.2) is 0 Å². The van der Waals surface area contributed by atoms with Crippen LogP contribution in [0.1, 0.15) is 12.0 Å². The smallest absolute Gasteiger partial charge is 0.396 e. The van der Waals surface area contributed by atoms with Gasteiger partial charge in [0.05, 0.1) is 0 Å². The molecule has 1 atom stereocenters. The van der Waals surface area contributed by atoms with E-state index in [1.165, 1.54) is 24.3 Å². The van der Waals surface area contributed by atoms with E-state index in [4.69, 9.17) is 5.11 Å². The molecule has 84 valence electrons. The highest BCUT2D eigenvalue weighted by Gasteiger charge is 2.54. The molecule has 2 nitrogen and oxygen atoms in total. The summed E-state index contributed by atoms with van der Waals surface area (Å²) in [7, 11) is 0. The monoisotopic (exact) mass is 220 g/mol. The van der Waals surface area contributed by atoms with Crippen molar-refractivity contribution < 1.29 is 23.4 Å². The number of alkyl halides is 3. The van der Waals surface area contributed by atoms with Crippen molar-refractivity contribution in [2.24, 2.45) is 0 Å². The molecule has 0 aliphatic rings. The van der Waals surface area contributed by atoms with Crippen molar-refractivity contribution in [1.82, 2.24) is 0 Å². The van der Waals surface area contributed by atoms with Crippen molar-refractivity contribution >= 4 is 0 Å². The highest BCUT2D eigenvalue weighted by molar-refractivity contribution is 5.24. The summed E-state index contributed by atoms with van der Waals surface area (Å²) < 4.78 is 37.8. The third-order valence-corrected chi connectivity index (χ3v) is 2.19. The molecule has 1 aromatic carbocycles. The van der Waals surface area contributed by atoms with E-state index in [1.54, 1.807) is 6.07 Å². The van der Waals surface area contributed by atoms with Gasteiger partial charge in [-0.3, -0.25) is 0 Å². The Bertz CT molecular complexity index is 310. The molecule has 5 heteroatoms. The Morgan fingerprint density at radius 3 is 2.00 bits per heavy atom. The van der Waals surface area contributed by atoms with Crippen LogP contribution in [-0.4, -0.2) is 23.0 Å². The fourth-order valence-corrected chi connectivity index (χ4v) is 1.33. The summed E-state index contributed by atoms with van der Waals surface area (Å²) in [5.74, 6) is 0. The second kappa shape index (κ2) is 4.20. The van der Waals surface area contributed by atoms with E-state index in [9.17, 15) is 18.3 Å². The van der Waals surface area contributed by atoms with Gasteiger partial charge in [-0.15, -0.1) is 0 Å². The fraction of sp³-hybridized carbons (Fsp3) is 0.400. The van der Waals surface area contributed by atoms with Crippen molar-refractivity contribution in [2.45, 2.75) is 18.2 Å². The number of rotatable bonds is 3. The summed E-state index contributed by atoms with van der Waals surface area (Å²) >= 11 is 0. The van der Waals surface area contributed by atoms with Crippen LogP contribution in [0.5, 0.6) is 0 Å². The van der Waals surface area contributed by atoms with Crippen LogP contribution in [-0.2, 0) is 5.60 Å². The van der Waals surface area contributed by atoms with Gasteiger partial charge in [0, 0.05) is 13.0 Å². The van der Waals surface area contributed by atoms with E-state index in [-0.39, 0.29) is 5.56 Å². The van der Waals surface area contributed by atoms with Crippen LogP contribution in [0.4, 0.5) is 13.2 Å². The zero-order valence-electron chi connectivity index (χ0n) is 7.83. The quantitative estimate of drug-likeness (QED) is 0.815. The summed E-state index contributed by atoms with van der Waals surface area (Å²) in [6, 6.07) is 6.73. The molecule has 0 saturated carbocycles. The van der Waals surface area contributed by atoms with E-state index in [1.807, 2.05) is 0 Å². The van der Waals surface area contributed by atoms with Gasteiger partial charge in [-0.2, -0.15) is 13.2 Å². The van der Waals surface area contributed by atoms with Crippen LogP contribution in [0, 0.1) is 0 Å². The highest BCUT2D eigenvalue weighted by atomic mass is 19.4. The van der Waals surface area contributed by atoms with Crippen molar-refractivity contribution in [3.63, 3.8) is 0 Å². The predicted molar refractivity (Wildman–Crippen MR) is 48.1 cm³/mol. The number of aliphatic hydroxyl groups excluding tert-OH is 1. The number of halogens is 3. The second-order valence-electron chi connectivity index (χ2n) is 3.20. The molecule has 0 saturated heterocycles. The maximum absolute atomic E-state index is 12.6. The zero-order chi connectivity index (χ0) is 11.5. The summed E-state index contributed by atoms with van der Waals surface area (Å²) in [6.07, 6.45) is -5.56. The Hall–Kier alpha value is -1.07. The Kier molecular flexibility index (Phi) is 3.36. The minimum atomic E-state index is -4.79. The first-order valence-electron chi connectivity index (χ1n) is 4.37. The van der Waals surface area contributed by atoms with Crippen LogP contribution in [0.3, 0.4) is 0 Å². The Labute approximate surface area is 85.0 Å². The van der Waals surface area contributed by atoms with Crippen molar-refractivity contribution in [2.75, 3.05) is 6.61 Å². The van der Waals surface area contributed by atoms with Crippen molar-refractivity contribution in [3.8, 4) is 0 Å². The van der Waals surface area contributed by atoms with Crippen LogP contribution >= 0.6 is 0 Å². The topological polar surface area (TPSA) is 40.5 Å². The van der Waals surface area contributed by atoms with Gasteiger partial charge in [0.2, 0.25) is 0 Å². The lowest BCUT2D eigenvalue weighted by Gasteiger charge is -2.30. The lowest BCUT2D eigenvalue weighted by molar-refractivity contribution is -0.271. The molecule has 0 heterocycles. The molecular weight excluding hydrogens is 209 g/mol. The molecule has 0 bridgehead atoms. The van der Waals surface area contributed by atoms with Gasteiger partial charge in [-0.1, -0.05) is 30.3 Å². The molecule has 0 amide bonds. The minimum absolute atomic E-state index is 0.258. The molecule has 0 aromatic heterocycles. The Balaban J connectivity index is 3.13. The fourth-order valence-electron chi connectivity index (χ4n) is 1.33. The molecule has 0 fully saturated rings. The van der Waals surface area contributed by atoms with Gasteiger partial charge in [-0.05, 0) is 5.56 Å². The van der Waals surface area contributed by atoms with E-state index in [0.717, 1.165) is 0 Å². The maximum Gasteiger partial charge on any atom is 0.421 e. The SMILES string of the molecule is OCC[C@](O)(c1ccccc1)C(F)(F)F. The van der Waals surface area contributed by atoms with E-state index < -0.39 is 24.8 Å². The molecule has 1 aromatic rings. The first-order valence-corrected chi connectivity index (χ1v) is 4.37.